The smallest absolute Gasteiger partial charge is 0.348 e. The highest BCUT2D eigenvalue weighted by Crippen LogP contribution is 2.56. The van der Waals surface area contributed by atoms with Crippen LogP contribution in [0.15, 0.2) is 60.7 Å². The zero-order valence-corrected chi connectivity index (χ0v) is 35.8. The number of esters is 4. The molecule has 2 amide bonds. The third-order valence-corrected chi connectivity index (χ3v) is 12.0. The van der Waals surface area contributed by atoms with Crippen LogP contribution < -0.4 is 5.32 Å². The number of likely N-dealkylation sites (N-methyl/N-ethyl adjacent to an activating group) is 1. The fraction of sp³-hybridized carbons (Fsp3) is 0.556. The monoisotopic (exact) mass is 861 g/mol. The highest BCUT2D eigenvalue weighted by Gasteiger charge is 2.75. The largest absolute Gasteiger partial charge is 0.462 e. The van der Waals surface area contributed by atoms with Crippen molar-refractivity contribution in [1.82, 2.24) is 15.3 Å². The Morgan fingerprint density at radius 1 is 1.02 bits per heavy atom. The number of nitrogens with one attached hydrogen (secondary N) is 1. The molecule has 9 atom stereocenters. The average molecular weight is 862 g/mol. The molecular formula is C45H55N3O14. The van der Waals surface area contributed by atoms with E-state index in [0.29, 0.717) is 11.1 Å². The van der Waals surface area contributed by atoms with Crippen LogP contribution in [0.5, 0.6) is 0 Å². The number of nitrogens with zero attached hydrogens (tertiary/aromatic N) is 2. The Bertz CT molecular complexity index is 2070. The summed E-state index contributed by atoms with van der Waals surface area (Å²) in [5.74, 6) is -3.69. The number of hydroxylamine groups is 2. The van der Waals surface area contributed by atoms with Crippen LogP contribution in [0.3, 0.4) is 0 Å². The number of rotatable bonds is 15. The van der Waals surface area contributed by atoms with Crippen LogP contribution >= 0.6 is 0 Å². The minimum atomic E-state index is -1.61. The van der Waals surface area contributed by atoms with Gasteiger partial charge in [0.25, 0.3) is 0 Å². The maximum atomic E-state index is 15.4. The second kappa shape index (κ2) is 17.9. The van der Waals surface area contributed by atoms with Gasteiger partial charge in [0.2, 0.25) is 17.9 Å². The topological polar surface area (TPSA) is 206 Å². The lowest BCUT2D eigenvalue weighted by Crippen LogP contribution is -2.70. The summed E-state index contributed by atoms with van der Waals surface area (Å²) in [6.45, 7) is 8.27. The number of aliphatic hydroxyl groups is 1. The Labute approximate surface area is 359 Å². The molecule has 7 rings (SSSR count). The van der Waals surface area contributed by atoms with E-state index in [1.165, 1.54) is 29.2 Å². The summed E-state index contributed by atoms with van der Waals surface area (Å²) in [4.78, 5) is 89.7. The highest BCUT2D eigenvalue weighted by atomic mass is 16.8. The van der Waals surface area contributed by atoms with E-state index in [1.807, 2.05) is 30.3 Å². The van der Waals surface area contributed by atoms with Gasteiger partial charge in [-0.25, -0.2) is 9.59 Å². The molecule has 1 saturated carbocycles. The number of carbonyl (C=O) groups is 6. The molecule has 0 spiro atoms. The maximum Gasteiger partial charge on any atom is 0.348 e. The lowest BCUT2D eigenvalue weighted by Gasteiger charge is -2.50. The molecular weight excluding hydrogens is 807 g/mol. The molecule has 17 nitrogen and oxygen atoms in total. The predicted octanol–water partition coefficient (Wildman–Crippen LogP) is 2.40. The zero-order valence-electron chi connectivity index (χ0n) is 35.8. The van der Waals surface area contributed by atoms with E-state index in [4.69, 9.17) is 33.3 Å². The number of cyclic esters (lactones) is 1. The lowest BCUT2D eigenvalue weighted by molar-refractivity contribution is -0.204. The first-order valence-electron chi connectivity index (χ1n) is 20.9. The molecule has 17 heteroatoms. The quantitative estimate of drug-likeness (QED) is 0.150. The van der Waals surface area contributed by atoms with Gasteiger partial charge in [-0.15, -0.1) is 0 Å². The van der Waals surface area contributed by atoms with Gasteiger partial charge in [-0.05, 0) is 50.0 Å². The van der Waals surface area contributed by atoms with Gasteiger partial charge >= 0.3 is 23.9 Å². The molecule has 334 valence electrons. The standard InChI is InChI=1S/C45H55N3O14/c1-43(2,3)61-33(51)19-17-29(23-49)46-39(52)30(20-26-12-8-7-9-13-26)47(6)42(55)45-21-31-34-35(58-25-57-34)37(45)62-48(36(45)40(53)59-31)22-28-15-11-10-14-27(28)16-18-32(50)60-38-41(54)56-24-44(38,4)5/h7-16,18,29-31,34-38,49H,17,19-25H2,1-6H3,(H,46,52)/t29-,30+,31+,34-,35-,36-,37+,38-,45-/m0/s1. The second-order valence-electron chi connectivity index (χ2n) is 18.2. The lowest BCUT2D eigenvalue weighted by atomic mass is 9.62. The molecule has 4 aliphatic heterocycles. The number of carbonyl (C=O) groups excluding carboxylic acids is 6. The summed E-state index contributed by atoms with van der Waals surface area (Å²) in [7, 11) is 1.50. The number of aliphatic hydroxyl groups excluding tert-OH is 1. The van der Waals surface area contributed by atoms with Crippen LogP contribution in [-0.4, -0.2) is 132 Å². The molecule has 4 heterocycles. The van der Waals surface area contributed by atoms with E-state index in [-0.39, 0.29) is 45.6 Å². The molecule has 2 aromatic carbocycles. The Kier molecular flexibility index (Phi) is 12.9. The molecule has 5 fully saturated rings. The Morgan fingerprint density at radius 3 is 2.42 bits per heavy atom. The Balaban J connectivity index is 1.16. The third kappa shape index (κ3) is 9.13. The van der Waals surface area contributed by atoms with E-state index in [0.717, 1.165) is 5.56 Å². The molecule has 62 heavy (non-hydrogen) atoms. The zero-order chi connectivity index (χ0) is 44.6. The number of hydrogen-bond donors (Lipinski definition) is 2. The molecule has 2 aromatic rings. The van der Waals surface area contributed by atoms with Crippen LogP contribution in [0.1, 0.15) is 70.6 Å². The van der Waals surface area contributed by atoms with Gasteiger partial charge in [0.05, 0.1) is 19.2 Å². The average Bonchev–Trinajstić information content (AvgIpc) is 3.92. The molecule has 2 N–H and O–H groups in total. The first-order chi connectivity index (χ1) is 29.4. The van der Waals surface area contributed by atoms with Crippen LogP contribution in [0.4, 0.5) is 0 Å². The summed E-state index contributed by atoms with van der Waals surface area (Å²) in [6.07, 6.45) is -1.61. The second-order valence-corrected chi connectivity index (χ2v) is 18.2. The van der Waals surface area contributed by atoms with Crippen molar-refractivity contribution in [2.24, 2.45) is 10.8 Å². The van der Waals surface area contributed by atoms with Crippen LogP contribution in [0.25, 0.3) is 6.08 Å². The van der Waals surface area contributed by atoms with E-state index < -0.39 is 107 Å². The summed E-state index contributed by atoms with van der Waals surface area (Å²) < 4.78 is 33.9. The number of hydrogen-bond acceptors (Lipinski definition) is 15. The first-order valence-corrected chi connectivity index (χ1v) is 20.9. The molecule has 4 saturated heterocycles. The summed E-state index contributed by atoms with van der Waals surface area (Å²) in [5, 5.41) is 14.5. The summed E-state index contributed by atoms with van der Waals surface area (Å²) in [6, 6.07) is 12.9. The summed E-state index contributed by atoms with van der Waals surface area (Å²) >= 11 is 0. The normalized spacial score (nSPS) is 28.4. The first kappa shape index (κ1) is 44.8. The van der Waals surface area contributed by atoms with Gasteiger partial charge in [-0.1, -0.05) is 68.4 Å². The summed E-state index contributed by atoms with van der Waals surface area (Å²) in [5.41, 5.74) is -1.08. The van der Waals surface area contributed by atoms with Gasteiger partial charge in [0.15, 0.2) is 6.04 Å². The maximum absolute atomic E-state index is 15.4. The molecule has 5 aliphatic rings. The van der Waals surface area contributed by atoms with E-state index >= 15 is 4.79 Å². The highest BCUT2D eigenvalue weighted by molar-refractivity contribution is 5.96. The molecule has 0 radical (unpaired) electrons. The van der Waals surface area contributed by atoms with Gasteiger partial charge in [-0.2, -0.15) is 5.06 Å². The van der Waals surface area contributed by atoms with Crippen LogP contribution in [0, 0.1) is 10.8 Å². The van der Waals surface area contributed by atoms with Gasteiger partial charge in [0, 0.05) is 37.8 Å². The van der Waals surface area contributed by atoms with Crippen molar-refractivity contribution in [2.45, 2.75) is 121 Å². The van der Waals surface area contributed by atoms with Crippen LogP contribution in [-0.2, 0) is 75.0 Å². The van der Waals surface area contributed by atoms with Crippen molar-refractivity contribution in [3.05, 3.63) is 77.4 Å². The van der Waals surface area contributed by atoms with E-state index in [1.54, 1.807) is 58.9 Å². The third-order valence-electron chi connectivity index (χ3n) is 12.0. The van der Waals surface area contributed by atoms with Crippen molar-refractivity contribution in [2.75, 3.05) is 27.1 Å². The molecule has 2 bridgehead atoms. The Morgan fingerprint density at radius 2 is 1.73 bits per heavy atom. The van der Waals surface area contributed by atoms with E-state index in [9.17, 15) is 29.1 Å². The SMILES string of the molecule is CN(C(=O)[C@@]12C[C@H]3OC(=O)[C@@H]1N(Cc1ccccc1C=CC(=O)O[C@H]1C(=O)OCC1(C)C)O[C@@H]2[C@H]1OCO[C@H]13)[C@H](Cc1ccccc1)C(=O)N[C@H](CO)CCC(=O)OC(C)(C)C. The number of ether oxygens (including phenoxy) is 6. The molecule has 1 aliphatic carbocycles. The van der Waals surface area contributed by atoms with Gasteiger partial charge in [0.1, 0.15) is 54.9 Å². The fourth-order valence-electron chi connectivity index (χ4n) is 8.97. The number of benzene rings is 2. The molecule has 0 aromatic heterocycles. The molecule has 0 unspecified atom stereocenters. The minimum Gasteiger partial charge on any atom is -0.462 e. The fourth-order valence-corrected chi connectivity index (χ4v) is 8.97. The van der Waals surface area contributed by atoms with Crippen LogP contribution in [0.2, 0.25) is 0 Å². The van der Waals surface area contributed by atoms with Crippen molar-refractivity contribution in [3.8, 4) is 0 Å². The van der Waals surface area contributed by atoms with Crippen molar-refractivity contribution < 1.29 is 67.1 Å². The van der Waals surface area contributed by atoms with Gasteiger partial charge in [-0.3, -0.25) is 24.0 Å². The van der Waals surface area contributed by atoms with Gasteiger partial charge < -0.3 is 43.7 Å². The number of fused-ring (bicyclic) bond motifs is 4. The van der Waals surface area contributed by atoms with Crippen molar-refractivity contribution >= 4 is 41.8 Å². The Hall–Kier alpha value is -5.20. The van der Waals surface area contributed by atoms with Crippen molar-refractivity contribution in [3.63, 3.8) is 0 Å². The van der Waals surface area contributed by atoms with Crippen molar-refractivity contribution in [1.29, 1.82) is 0 Å². The minimum absolute atomic E-state index is 0.0143. The number of amides is 2. The predicted molar refractivity (Wildman–Crippen MR) is 217 cm³/mol. The van der Waals surface area contributed by atoms with E-state index in [2.05, 4.69) is 5.32 Å².